The lowest BCUT2D eigenvalue weighted by atomic mass is 10.1. The average molecular weight is 400 g/mol. The minimum Gasteiger partial charge on any atom is -0.462 e. The van der Waals surface area contributed by atoms with Gasteiger partial charge in [0.2, 0.25) is 0 Å². The van der Waals surface area contributed by atoms with E-state index in [9.17, 15) is 17.6 Å². The highest BCUT2D eigenvalue weighted by atomic mass is 79.9. The lowest BCUT2D eigenvalue weighted by Crippen LogP contribution is -2.13. The Morgan fingerprint density at radius 3 is 2.57 bits per heavy atom. The zero-order chi connectivity index (χ0) is 15.6. The number of carbonyl (C=O) groups is 1. The quantitative estimate of drug-likeness (QED) is 0.570. The highest BCUT2D eigenvalue weighted by molar-refractivity contribution is 9.10. The SMILES string of the molecule is O=C(OCC1CCCC1)c1cc(F)cc(S(=O)(=O)Cl)c1Br. The van der Waals surface area contributed by atoms with Gasteiger partial charge in [0.05, 0.1) is 16.6 Å². The van der Waals surface area contributed by atoms with Gasteiger partial charge in [0.1, 0.15) is 10.7 Å². The van der Waals surface area contributed by atoms with Gasteiger partial charge in [-0.3, -0.25) is 0 Å². The molecule has 0 N–H and O–H groups in total. The van der Waals surface area contributed by atoms with E-state index >= 15 is 0 Å². The summed E-state index contributed by atoms with van der Waals surface area (Å²) in [6, 6.07) is 1.67. The third kappa shape index (κ3) is 4.17. The van der Waals surface area contributed by atoms with Crippen molar-refractivity contribution < 1.29 is 22.3 Å². The van der Waals surface area contributed by atoms with Crippen molar-refractivity contribution >= 4 is 41.6 Å². The molecule has 0 bridgehead atoms. The Balaban J connectivity index is 2.22. The fourth-order valence-corrected chi connectivity index (χ4v) is 4.59. The van der Waals surface area contributed by atoms with Crippen LogP contribution in [0.2, 0.25) is 0 Å². The molecule has 21 heavy (non-hydrogen) atoms. The van der Waals surface area contributed by atoms with Crippen LogP contribution in [0.1, 0.15) is 36.0 Å². The van der Waals surface area contributed by atoms with Crippen LogP contribution < -0.4 is 0 Å². The maximum Gasteiger partial charge on any atom is 0.339 e. The largest absolute Gasteiger partial charge is 0.462 e. The third-order valence-electron chi connectivity index (χ3n) is 3.41. The van der Waals surface area contributed by atoms with Gasteiger partial charge in [0, 0.05) is 10.7 Å². The Bertz CT molecular complexity index is 656. The molecule has 0 aromatic heterocycles. The molecule has 0 spiro atoms. The van der Waals surface area contributed by atoms with Crippen LogP contribution in [0.5, 0.6) is 0 Å². The molecule has 0 radical (unpaired) electrons. The molecule has 1 aromatic carbocycles. The van der Waals surface area contributed by atoms with Crippen LogP contribution in [-0.4, -0.2) is 21.0 Å². The zero-order valence-corrected chi connectivity index (χ0v) is 14.1. The number of rotatable bonds is 4. The second kappa shape index (κ2) is 6.62. The summed E-state index contributed by atoms with van der Waals surface area (Å²) in [4.78, 5) is 11.5. The summed E-state index contributed by atoms with van der Waals surface area (Å²) < 4.78 is 41.3. The lowest BCUT2D eigenvalue weighted by Gasteiger charge is -2.12. The van der Waals surface area contributed by atoms with E-state index in [1.165, 1.54) is 0 Å². The number of hydrogen-bond acceptors (Lipinski definition) is 4. The molecule has 4 nitrogen and oxygen atoms in total. The van der Waals surface area contributed by atoms with Crippen molar-refractivity contribution in [2.75, 3.05) is 6.61 Å². The lowest BCUT2D eigenvalue weighted by molar-refractivity contribution is 0.0440. The van der Waals surface area contributed by atoms with Crippen LogP contribution in [0.25, 0.3) is 0 Å². The van der Waals surface area contributed by atoms with E-state index in [1.807, 2.05) is 0 Å². The van der Waals surface area contributed by atoms with Gasteiger partial charge in [-0.25, -0.2) is 17.6 Å². The van der Waals surface area contributed by atoms with Gasteiger partial charge in [0.15, 0.2) is 0 Å². The highest BCUT2D eigenvalue weighted by Crippen LogP contribution is 2.31. The minimum atomic E-state index is -4.17. The Labute approximate surface area is 135 Å². The molecular formula is C13H13BrClFO4S. The molecule has 0 heterocycles. The molecule has 0 amide bonds. The zero-order valence-electron chi connectivity index (χ0n) is 10.9. The summed E-state index contributed by atoms with van der Waals surface area (Å²) in [5.74, 6) is -1.32. The molecule has 0 aliphatic heterocycles. The first-order valence-electron chi connectivity index (χ1n) is 6.40. The topological polar surface area (TPSA) is 60.4 Å². The summed E-state index contributed by atoms with van der Waals surface area (Å²) in [6.07, 6.45) is 4.22. The molecule has 1 saturated carbocycles. The van der Waals surface area contributed by atoms with Gasteiger partial charge < -0.3 is 4.74 Å². The van der Waals surface area contributed by atoms with Crippen molar-refractivity contribution in [2.45, 2.75) is 30.6 Å². The van der Waals surface area contributed by atoms with E-state index in [4.69, 9.17) is 15.4 Å². The van der Waals surface area contributed by atoms with Crippen molar-refractivity contribution in [3.63, 3.8) is 0 Å². The highest BCUT2D eigenvalue weighted by Gasteiger charge is 2.24. The number of ether oxygens (including phenoxy) is 1. The van der Waals surface area contributed by atoms with Crippen LogP contribution in [0.15, 0.2) is 21.5 Å². The van der Waals surface area contributed by atoms with E-state index in [0.717, 1.165) is 37.8 Å². The van der Waals surface area contributed by atoms with Crippen LogP contribution in [0.3, 0.4) is 0 Å². The van der Waals surface area contributed by atoms with Gasteiger partial charge in [-0.05, 0) is 46.8 Å². The number of hydrogen-bond donors (Lipinski definition) is 0. The summed E-state index contributed by atoms with van der Waals surface area (Å²) in [5, 5.41) is 0. The van der Waals surface area contributed by atoms with Crippen molar-refractivity contribution in [1.29, 1.82) is 0 Å². The Kier molecular flexibility index (Phi) is 5.27. The molecule has 116 valence electrons. The fourth-order valence-electron chi connectivity index (χ4n) is 2.34. The van der Waals surface area contributed by atoms with Crippen LogP contribution in [0.4, 0.5) is 4.39 Å². The normalized spacial score (nSPS) is 16.1. The van der Waals surface area contributed by atoms with Crippen LogP contribution in [-0.2, 0) is 13.8 Å². The van der Waals surface area contributed by atoms with E-state index < -0.39 is 25.7 Å². The van der Waals surface area contributed by atoms with Crippen molar-refractivity contribution in [1.82, 2.24) is 0 Å². The van der Waals surface area contributed by atoms with Crippen LogP contribution >= 0.6 is 26.6 Å². The summed E-state index contributed by atoms with van der Waals surface area (Å²) >= 11 is 2.97. The maximum atomic E-state index is 13.5. The molecule has 0 atom stereocenters. The summed E-state index contributed by atoms with van der Waals surface area (Å²) in [7, 11) is 1.05. The number of benzene rings is 1. The number of esters is 1. The maximum absolute atomic E-state index is 13.5. The molecule has 0 saturated heterocycles. The summed E-state index contributed by atoms with van der Waals surface area (Å²) in [5.41, 5.74) is -0.188. The van der Waals surface area contributed by atoms with E-state index in [-0.39, 0.29) is 16.6 Å². The Morgan fingerprint density at radius 2 is 2.00 bits per heavy atom. The van der Waals surface area contributed by atoms with Crippen molar-refractivity contribution in [3.8, 4) is 0 Å². The number of halogens is 3. The second-order valence-corrected chi connectivity index (χ2v) is 8.28. The second-order valence-electron chi connectivity index (χ2n) is 4.95. The van der Waals surface area contributed by atoms with Gasteiger partial charge in [0.25, 0.3) is 9.05 Å². The average Bonchev–Trinajstić information content (AvgIpc) is 2.90. The molecule has 1 aliphatic rings. The van der Waals surface area contributed by atoms with Crippen LogP contribution in [0, 0.1) is 11.7 Å². The van der Waals surface area contributed by atoms with Gasteiger partial charge in [-0.2, -0.15) is 0 Å². The Morgan fingerprint density at radius 1 is 1.38 bits per heavy atom. The Hall–Kier alpha value is -0.660. The van der Waals surface area contributed by atoms with E-state index in [1.54, 1.807) is 0 Å². The predicted octanol–water partition coefficient (Wildman–Crippen LogP) is 3.86. The minimum absolute atomic E-state index is 0.0877. The molecule has 1 aliphatic carbocycles. The molecule has 8 heteroatoms. The van der Waals surface area contributed by atoms with Crippen molar-refractivity contribution in [2.24, 2.45) is 5.92 Å². The van der Waals surface area contributed by atoms with E-state index in [0.29, 0.717) is 5.92 Å². The van der Waals surface area contributed by atoms with E-state index in [2.05, 4.69) is 15.9 Å². The first-order chi connectivity index (χ1) is 9.79. The molecule has 1 aromatic rings. The van der Waals surface area contributed by atoms with Crippen molar-refractivity contribution in [3.05, 3.63) is 28.0 Å². The number of carbonyl (C=O) groups excluding carboxylic acids is 1. The first-order valence-corrected chi connectivity index (χ1v) is 9.50. The first kappa shape index (κ1) is 16.7. The van der Waals surface area contributed by atoms with Gasteiger partial charge in [-0.15, -0.1) is 0 Å². The molecular weight excluding hydrogens is 387 g/mol. The van der Waals surface area contributed by atoms with Gasteiger partial charge in [-0.1, -0.05) is 12.8 Å². The molecule has 2 rings (SSSR count). The predicted molar refractivity (Wildman–Crippen MR) is 79.4 cm³/mol. The molecule has 0 unspecified atom stereocenters. The van der Waals surface area contributed by atoms with Gasteiger partial charge >= 0.3 is 5.97 Å². The smallest absolute Gasteiger partial charge is 0.339 e. The summed E-state index contributed by atoms with van der Waals surface area (Å²) in [6.45, 7) is 0.255. The monoisotopic (exact) mass is 398 g/mol. The molecule has 1 fully saturated rings. The fraction of sp³-hybridized carbons (Fsp3) is 0.462. The standard InChI is InChI=1S/C13H13BrClFO4S/c14-12-10(5-9(16)6-11(12)21(15,18)19)13(17)20-7-8-3-1-2-4-8/h5-6,8H,1-4,7H2. The third-order valence-corrected chi connectivity index (χ3v) is 5.87.